The molecular formula is C37H34N14O2. The van der Waals surface area contributed by atoms with Gasteiger partial charge in [0.25, 0.3) is 11.8 Å². The van der Waals surface area contributed by atoms with Gasteiger partial charge in [-0.05, 0) is 42.2 Å². The van der Waals surface area contributed by atoms with Gasteiger partial charge in [0.1, 0.15) is 29.3 Å². The van der Waals surface area contributed by atoms with Crippen LogP contribution >= 0.6 is 0 Å². The van der Waals surface area contributed by atoms with Gasteiger partial charge in [0.05, 0.1) is 23.1 Å². The van der Waals surface area contributed by atoms with E-state index in [9.17, 15) is 9.59 Å². The van der Waals surface area contributed by atoms with Crippen LogP contribution < -0.4 is 10.6 Å². The first-order valence-electron chi connectivity index (χ1n) is 17.3. The average molecular weight is 707 g/mol. The standard InChI is InChI=1S/C37H34N14O2/c1-22-40-15-28(16-41-22)35(52)48-8-10-49(11-9-48)37-43-17-29(18-44-37)36(53)50-7-5-24-12-23(2-3-26(24)20-50)19-51-34-30(32(38)45-21-46-34)31(47-51)27-13-25-4-6-39-33(25)42-14-27/h2-4,6,12-18,21H,5,7-11,19-20H2,1H3,(H,39,42)(H2,38,45,46). The van der Waals surface area contributed by atoms with Crippen molar-refractivity contribution in [1.29, 1.82) is 0 Å². The molecule has 264 valence electrons. The quantitative estimate of drug-likeness (QED) is 0.257. The lowest BCUT2D eigenvalue weighted by atomic mass is 9.97. The van der Waals surface area contributed by atoms with E-state index in [1.165, 1.54) is 11.9 Å². The second kappa shape index (κ2) is 13.0. The van der Waals surface area contributed by atoms with Gasteiger partial charge in [0.15, 0.2) is 5.65 Å². The number of benzene rings is 1. The summed E-state index contributed by atoms with van der Waals surface area (Å²) < 4.78 is 1.86. The summed E-state index contributed by atoms with van der Waals surface area (Å²) in [6.07, 6.45) is 12.1. The largest absolute Gasteiger partial charge is 0.383 e. The normalized spacial score (nSPS) is 14.5. The molecule has 6 aromatic heterocycles. The Labute approximate surface area is 302 Å². The first-order valence-corrected chi connectivity index (χ1v) is 17.3. The number of aromatic nitrogens is 10. The minimum atomic E-state index is -0.109. The number of hydrogen-bond acceptors (Lipinski definition) is 12. The Morgan fingerprint density at radius 3 is 2.34 bits per heavy atom. The van der Waals surface area contributed by atoms with Gasteiger partial charge in [0.2, 0.25) is 5.95 Å². The van der Waals surface area contributed by atoms with E-state index in [2.05, 4.69) is 58.1 Å². The topological polar surface area (TPSA) is 194 Å². The summed E-state index contributed by atoms with van der Waals surface area (Å²) in [5.74, 6) is 1.32. The van der Waals surface area contributed by atoms with Gasteiger partial charge in [-0.15, -0.1) is 0 Å². The molecule has 0 spiro atoms. The lowest BCUT2D eigenvalue weighted by Crippen LogP contribution is -2.49. The Balaban J connectivity index is 0.855. The van der Waals surface area contributed by atoms with Crippen LogP contribution in [-0.4, -0.2) is 104 Å². The maximum absolute atomic E-state index is 13.5. The number of rotatable bonds is 6. The number of nitrogens with two attached hydrogens (primary N) is 1. The van der Waals surface area contributed by atoms with Crippen molar-refractivity contribution in [2.45, 2.75) is 26.4 Å². The molecular weight excluding hydrogens is 673 g/mol. The summed E-state index contributed by atoms with van der Waals surface area (Å²) in [5.41, 5.74) is 13.6. The van der Waals surface area contributed by atoms with E-state index < -0.39 is 0 Å². The van der Waals surface area contributed by atoms with E-state index in [-0.39, 0.29) is 11.8 Å². The molecule has 0 atom stereocenters. The zero-order valence-corrected chi connectivity index (χ0v) is 28.8. The zero-order valence-electron chi connectivity index (χ0n) is 28.8. The molecule has 0 saturated carbocycles. The van der Waals surface area contributed by atoms with Crippen LogP contribution in [0, 0.1) is 6.92 Å². The van der Waals surface area contributed by atoms with E-state index in [1.807, 2.05) is 32.8 Å². The molecule has 53 heavy (non-hydrogen) atoms. The van der Waals surface area contributed by atoms with Gasteiger partial charge in [-0.2, -0.15) is 5.10 Å². The van der Waals surface area contributed by atoms with Gasteiger partial charge < -0.3 is 25.4 Å². The number of pyridine rings is 1. The van der Waals surface area contributed by atoms with Crippen LogP contribution in [0.25, 0.3) is 33.3 Å². The maximum Gasteiger partial charge on any atom is 0.257 e. The van der Waals surface area contributed by atoms with Crippen LogP contribution in [0.1, 0.15) is 43.2 Å². The van der Waals surface area contributed by atoms with E-state index >= 15 is 0 Å². The Morgan fingerprint density at radius 2 is 1.55 bits per heavy atom. The highest BCUT2D eigenvalue weighted by atomic mass is 16.2. The van der Waals surface area contributed by atoms with E-state index in [1.54, 1.807) is 42.8 Å². The lowest BCUT2D eigenvalue weighted by molar-refractivity contribution is 0.0729. The summed E-state index contributed by atoms with van der Waals surface area (Å²) in [4.78, 5) is 65.8. The Kier molecular flexibility index (Phi) is 7.90. The number of H-pyrrole nitrogens is 1. The van der Waals surface area contributed by atoms with Crippen LogP contribution in [-0.2, 0) is 19.5 Å². The van der Waals surface area contributed by atoms with Gasteiger partial charge >= 0.3 is 0 Å². The molecule has 2 aliphatic heterocycles. The van der Waals surface area contributed by atoms with Crippen LogP contribution in [0.5, 0.6) is 0 Å². The third-order valence-electron chi connectivity index (χ3n) is 9.90. The van der Waals surface area contributed by atoms with E-state index in [0.29, 0.717) is 97.7 Å². The third-order valence-corrected chi connectivity index (χ3v) is 9.90. The molecule has 1 saturated heterocycles. The van der Waals surface area contributed by atoms with E-state index in [0.717, 1.165) is 27.7 Å². The second-order valence-electron chi connectivity index (χ2n) is 13.3. The molecule has 0 aliphatic carbocycles. The van der Waals surface area contributed by atoms with E-state index in [4.69, 9.17) is 10.8 Å². The summed E-state index contributed by atoms with van der Waals surface area (Å²) in [6, 6.07) is 10.3. The number of nitrogens with one attached hydrogen (secondary N) is 1. The highest BCUT2D eigenvalue weighted by Crippen LogP contribution is 2.32. The summed E-state index contributed by atoms with van der Waals surface area (Å²) in [7, 11) is 0. The molecule has 1 fully saturated rings. The Bertz CT molecular complexity index is 2500. The van der Waals surface area contributed by atoms with Crippen molar-refractivity contribution in [1.82, 2.24) is 59.5 Å². The van der Waals surface area contributed by atoms with Crippen LogP contribution in [0.3, 0.4) is 0 Å². The van der Waals surface area contributed by atoms with Crippen molar-refractivity contribution in [2.75, 3.05) is 43.4 Å². The maximum atomic E-state index is 13.5. The molecule has 2 amide bonds. The average Bonchev–Trinajstić information content (AvgIpc) is 3.83. The van der Waals surface area contributed by atoms with Crippen molar-refractivity contribution < 1.29 is 9.59 Å². The highest BCUT2D eigenvalue weighted by molar-refractivity contribution is 5.99. The minimum absolute atomic E-state index is 0.0906. The first-order chi connectivity index (χ1) is 25.9. The van der Waals surface area contributed by atoms with Crippen molar-refractivity contribution >= 4 is 45.6 Å². The smallest absolute Gasteiger partial charge is 0.257 e. The number of carbonyl (C=O) groups excluding carboxylic acids is 2. The molecule has 16 heteroatoms. The zero-order chi connectivity index (χ0) is 36.1. The number of amides is 2. The summed E-state index contributed by atoms with van der Waals surface area (Å²) >= 11 is 0. The lowest BCUT2D eigenvalue weighted by Gasteiger charge is -2.34. The number of carbonyl (C=O) groups is 2. The predicted molar refractivity (Wildman–Crippen MR) is 196 cm³/mol. The van der Waals surface area contributed by atoms with Crippen molar-refractivity contribution in [3.05, 3.63) is 107 Å². The molecule has 9 rings (SSSR count). The number of anilines is 2. The van der Waals surface area contributed by atoms with Gasteiger partial charge in [-0.1, -0.05) is 18.2 Å². The molecule has 8 heterocycles. The predicted octanol–water partition coefficient (Wildman–Crippen LogP) is 3.05. The number of fused-ring (bicyclic) bond motifs is 3. The molecule has 7 aromatic rings. The van der Waals surface area contributed by atoms with Crippen molar-refractivity contribution in [3.8, 4) is 11.3 Å². The molecule has 0 bridgehead atoms. The highest BCUT2D eigenvalue weighted by Gasteiger charge is 2.26. The van der Waals surface area contributed by atoms with Crippen LogP contribution in [0.15, 0.2) is 73.8 Å². The number of aromatic amines is 1. The fourth-order valence-corrected chi connectivity index (χ4v) is 7.04. The molecule has 16 nitrogen and oxygen atoms in total. The van der Waals surface area contributed by atoms with Crippen molar-refractivity contribution in [2.24, 2.45) is 0 Å². The van der Waals surface area contributed by atoms with Crippen molar-refractivity contribution in [3.63, 3.8) is 0 Å². The molecule has 1 aromatic carbocycles. The molecule has 2 aliphatic rings. The second-order valence-corrected chi connectivity index (χ2v) is 13.3. The van der Waals surface area contributed by atoms with Crippen LogP contribution in [0.4, 0.5) is 11.8 Å². The summed E-state index contributed by atoms with van der Waals surface area (Å²) in [6.45, 7) is 5.55. The SMILES string of the molecule is Cc1ncc(C(=O)N2CCN(c3ncc(C(=O)N4CCc5cc(Cn6nc(-c7cnc8[nH]ccc8c7)c7c(N)ncnc76)ccc5C4)cn3)CC2)cn1. The Hall–Kier alpha value is -6.84. The molecule has 3 N–H and O–H groups in total. The van der Waals surface area contributed by atoms with Gasteiger partial charge in [-0.3, -0.25) is 9.59 Å². The Morgan fingerprint density at radius 1 is 0.792 bits per heavy atom. The van der Waals surface area contributed by atoms with Crippen LogP contribution in [0.2, 0.25) is 0 Å². The van der Waals surface area contributed by atoms with Gasteiger partial charge in [-0.25, -0.2) is 39.6 Å². The number of hydrogen-bond donors (Lipinski definition) is 2. The molecule has 0 unspecified atom stereocenters. The number of aryl methyl sites for hydroxylation is 1. The first kappa shape index (κ1) is 32.1. The number of piperazine rings is 1. The monoisotopic (exact) mass is 706 g/mol. The summed E-state index contributed by atoms with van der Waals surface area (Å²) in [5, 5.41) is 6.61. The minimum Gasteiger partial charge on any atom is -0.383 e. The third kappa shape index (κ3) is 6.03. The fraction of sp³-hybridized carbons (Fsp3) is 0.243. The number of nitrogens with zero attached hydrogens (tertiary/aromatic N) is 12. The number of nitrogen functional groups attached to an aromatic ring is 1. The van der Waals surface area contributed by atoms with Gasteiger partial charge in [0, 0.05) is 87.4 Å². The molecule has 0 radical (unpaired) electrons. The fourth-order valence-electron chi connectivity index (χ4n) is 7.04.